The topological polar surface area (TPSA) is 88.2 Å². The second-order valence-corrected chi connectivity index (χ2v) is 10.2. The minimum Gasteiger partial charge on any atom is -0.325 e. The predicted molar refractivity (Wildman–Crippen MR) is 133 cm³/mol. The smallest absolute Gasteiger partial charge is 0.242 e. The summed E-state index contributed by atoms with van der Waals surface area (Å²) in [5.74, 6) is -0.219. The number of thioether (sulfide) groups is 1. The Kier molecular flexibility index (Phi) is 7.08. The maximum atomic E-state index is 13.3. The molecule has 4 aromatic rings. The highest BCUT2D eigenvalue weighted by Crippen LogP contribution is 2.36. The third-order valence-corrected chi connectivity index (χ3v) is 7.67. The SMILES string of the molecule is CCNS(=O)(=O)c1ccc(NC(=O)[C@@H](Sc2ccc3ccccc3n2)c2ccccc2)cc1. The van der Waals surface area contributed by atoms with Crippen LogP contribution in [0.3, 0.4) is 0 Å². The number of hydrogen-bond acceptors (Lipinski definition) is 5. The summed E-state index contributed by atoms with van der Waals surface area (Å²) in [6, 6.07) is 27.4. The molecule has 0 aliphatic carbocycles. The van der Waals surface area contributed by atoms with Crippen molar-refractivity contribution < 1.29 is 13.2 Å². The van der Waals surface area contributed by atoms with Gasteiger partial charge in [0.1, 0.15) is 5.25 Å². The van der Waals surface area contributed by atoms with Gasteiger partial charge in [-0.3, -0.25) is 4.79 Å². The minimum absolute atomic E-state index is 0.150. The molecule has 8 heteroatoms. The van der Waals surface area contributed by atoms with Crippen LogP contribution >= 0.6 is 11.8 Å². The van der Waals surface area contributed by atoms with E-state index < -0.39 is 15.3 Å². The maximum Gasteiger partial charge on any atom is 0.242 e. The number of rotatable bonds is 8. The molecular formula is C25H23N3O3S2. The first kappa shape index (κ1) is 23.0. The van der Waals surface area contributed by atoms with Crippen LogP contribution in [0.5, 0.6) is 0 Å². The van der Waals surface area contributed by atoms with Gasteiger partial charge < -0.3 is 5.32 Å². The van der Waals surface area contributed by atoms with E-state index in [-0.39, 0.29) is 10.8 Å². The van der Waals surface area contributed by atoms with Crippen molar-refractivity contribution in [3.8, 4) is 0 Å². The van der Waals surface area contributed by atoms with Gasteiger partial charge in [-0.25, -0.2) is 18.1 Å². The zero-order valence-corrected chi connectivity index (χ0v) is 19.6. The number of carbonyl (C=O) groups excluding carboxylic acids is 1. The van der Waals surface area contributed by atoms with Gasteiger partial charge in [-0.1, -0.05) is 73.3 Å². The Hall–Kier alpha value is -3.20. The molecule has 0 bridgehead atoms. The van der Waals surface area contributed by atoms with Crippen LogP contribution in [0, 0.1) is 0 Å². The van der Waals surface area contributed by atoms with E-state index in [4.69, 9.17) is 4.98 Å². The summed E-state index contributed by atoms with van der Waals surface area (Å²) in [7, 11) is -3.55. The molecule has 1 amide bonds. The highest BCUT2D eigenvalue weighted by atomic mass is 32.2. The number of nitrogens with zero attached hydrogens (tertiary/aromatic N) is 1. The first-order chi connectivity index (χ1) is 16.0. The van der Waals surface area contributed by atoms with E-state index >= 15 is 0 Å². The zero-order valence-electron chi connectivity index (χ0n) is 17.9. The lowest BCUT2D eigenvalue weighted by Crippen LogP contribution is -2.23. The van der Waals surface area contributed by atoms with Gasteiger partial charge in [0.2, 0.25) is 15.9 Å². The van der Waals surface area contributed by atoms with Crippen molar-refractivity contribution in [1.29, 1.82) is 0 Å². The molecule has 0 fully saturated rings. The van der Waals surface area contributed by atoms with Crippen LogP contribution in [0.4, 0.5) is 5.69 Å². The number of benzene rings is 3. The number of nitrogens with one attached hydrogen (secondary N) is 2. The van der Waals surface area contributed by atoms with Crippen LogP contribution in [0.2, 0.25) is 0 Å². The first-order valence-corrected chi connectivity index (χ1v) is 12.8. The van der Waals surface area contributed by atoms with E-state index in [2.05, 4.69) is 10.0 Å². The van der Waals surface area contributed by atoms with Crippen molar-refractivity contribution in [2.24, 2.45) is 0 Å². The third-order valence-electron chi connectivity index (χ3n) is 4.92. The Morgan fingerprint density at radius 2 is 1.61 bits per heavy atom. The standard InChI is InChI=1S/C25H23N3O3S2/c1-2-26-33(30,31)21-15-13-20(14-16-21)27-25(29)24(19-9-4-3-5-10-19)32-23-17-12-18-8-6-7-11-22(18)28-23/h3-17,24,26H,2H2,1H3,(H,27,29)/t24-/m0/s1. The molecule has 0 spiro atoms. The summed E-state index contributed by atoms with van der Waals surface area (Å²) in [4.78, 5) is 18.1. The Morgan fingerprint density at radius 1 is 0.909 bits per heavy atom. The second kappa shape index (κ2) is 10.2. The minimum atomic E-state index is -3.55. The van der Waals surface area contributed by atoms with Crippen LogP contribution in [0.1, 0.15) is 17.7 Å². The molecule has 0 saturated heterocycles. The lowest BCUT2D eigenvalue weighted by Gasteiger charge is -2.17. The van der Waals surface area contributed by atoms with Gasteiger partial charge in [-0.2, -0.15) is 0 Å². The highest BCUT2D eigenvalue weighted by molar-refractivity contribution is 8.00. The summed E-state index contributed by atoms with van der Waals surface area (Å²) in [5, 5.41) is 4.15. The number of hydrogen-bond donors (Lipinski definition) is 2. The predicted octanol–water partition coefficient (Wildman–Crippen LogP) is 5.01. The highest BCUT2D eigenvalue weighted by Gasteiger charge is 2.23. The van der Waals surface area contributed by atoms with E-state index in [0.29, 0.717) is 12.2 Å². The molecule has 1 atom stereocenters. The monoisotopic (exact) mass is 477 g/mol. The van der Waals surface area contributed by atoms with Crippen molar-refractivity contribution in [3.63, 3.8) is 0 Å². The molecule has 33 heavy (non-hydrogen) atoms. The first-order valence-electron chi connectivity index (χ1n) is 10.4. The van der Waals surface area contributed by atoms with Crippen LogP contribution < -0.4 is 10.0 Å². The fraction of sp³-hybridized carbons (Fsp3) is 0.120. The number of fused-ring (bicyclic) bond motifs is 1. The number of para-hydroxylation sites is 1. The zero-order chi connectivity index (χ0) is 23.3. The summed E-state index contributed by atoms with van der Waals surface area (Å²) < 4.78 is 26.7. The van der Waals surface area contributed by atoms with Gasteiger partial charge in [-0.15, -0.1) is 0 Å². The quantitative estimate of drug-likeness (QED) is 0.349. The Labute approximate surface area is 197 Å². The van der Waals surface area contributed by atoms with Crippen molar-refractivity contribution in [1.82, 2.24) is 9.71 Å². The summed E-state index contributed by atoms with van der Waals surface area (Å²) in [6.07, 6.45) is 0. The molecule has 2 N–H and O–H groups in total. The fourth-order valence-electron chi connectivity index (χ4n) is 3.33. The van der Waals surface area contributed by atoms with Crippen molar-refractivity contribution >= 4 is 44.3 Å². The number of carbonyl (C=O) groups is 1. The van der Waals surface area contributed by atoms with E-state index in [0.717, 1.165) is 21.5 Å². The number of amides is 1. The molecule has 0 saturated carbocycles. The van der Waals surface area contributed by atoms with Crippen LogP contribution in [0.25, 0.3) is 10.9 Å². The van der Waals surface area contributed by atoms with Crippen LogP contribution in [-0.4, -0.2) is 25.9 Å². The van der Waals surface area contributed by atoms with Crippen LogP contribution in [-0.2, 0) is 14.8 Å². The Morgan fingerprint density at radius 3 is 2.33 bits per heavy atom. The van der Waals surface area contributed by atoms with Crippen molar-refractivity contribution in [2.75, 3.05) is 11.9 Å². The van der Waals surface area contributed by atoms with Crippen molar-refractivity contribution in [3.05, 3.63) is 96.6 Å². The second-order valence-electron chi connectivity index (χ2n) is 7.27. The average Bonchev–Trinajstić information content (AvgIpc) is 2.83. The van der Waals surface area contributed by atoms with Gasteiger partial charge in [0.25, 0.3) is 0 Å². The molecule has 0 radical (unpaired) electrons. The number of pyridine rings is 1. The van der Waals surface area contributed by atoms with E-state index in [1.165, 1.54) is 23.9 Å². The van der Waals surface area contributed by atoms with Gasteiger partial charge in [0, 0.05) is 17.6 Å². The average molecular weight is 478 g/mol. The molecular weight excluding hydrogens is 454 g/mol. The van der Waals surface area contributed by atoms with E-state index in [1.807, 2.05) is 66.7 Å². The van der Waals surface area contributed by atoms with Gasteiger partial charge in [0.05, 0.1) is 15.4 Å². The van der Waals surface area contributed by atoms with E-state index in [9.17, 15) is 13.2 Å². The summed E-state index contributed by atoms with van der Waals surface area (Å²) in [5.41, 5.74) is 2.23. The lowest BCUT2D eigenvalue weighted by atomic mass is 10.1. The normalized spacial score (nSPS) is 12.4. The van der Waals surface area contributed by atoms with Gasteiger partial charge in [-0.05, 0) is 42.0 Å². The molecule has 4 rings (SSSR count). The summed E-state index contributed by atoms with van der Waals surface area (Å²) >= 11 is 1.37. The molecule has 0 aliphatic rings. The van der Waals surface area contributed by atoms with Gasteiger partial charge >= 0.3 is 0 Å². The number of sulfonamides is 1. The van der Waals surface area contributed by atoms with Gasteiger partial charge in [0.15, 0.2) is 0 Å². The third kappa shape index (κ3) is 5.60. The largest absolute Gasteiger partial charge is 0.325 e. The molecule has 0 aliphatic heterocycles. The molecule has 0 unspecified atom stereocenters. The Balaban J connectivity index is 1.57. The molecule has 1 aromatic heterocycles. The lowest BCUT2D eigenvalue weighted by molar-refractivity contribution is -0.115. The fourth-order valence-corrected chi connectivity index (χ4v) is 5.37. The summed E-state index contributed by atoms with van der Waals surface area (Å²) in [6.45, 7) is 2.03. The van der Waals surface area contributed by atoms with Crippen molar-refractivity contribution in [2.45, 2.75) is 22.1 Å². The molecule has 168 valence electrons. The number of aromatic nitrogens is 1. The molecule has 6 nitrogen and oxygen atoms in total. The number of anilines is 1. The maximum absolute atomic E-state index is 13.3. The Bertz CT molecular complexity index is 1360. The van der Waals surface area contributed by atoms with E-state index in [1.54, 1.807) is 19.1 Å². The van der Waals surface area contributed by atoms with Crippen LogP contribution in [0.15, 0.2) is 101 Å². The molecule has 1 heterocycles. The molecule has 3 aromatic carbocycles.